The average molecular weight is 350 g/mol. The van der Waals surface area contributed by atoms with E-state index in [1.54, 1.807) is 16.8 Å². The van der Waals surface area contributed by atoms with Crippen molar-refractivity contribution in [2.24, 2.45) is 0 Å². The maximum Gasteiger partial charge on any atom is 0.141 e. The van der Waals surface area contributed by atoms with Crippen molar-refractivity contribution >= 4 is 17.3 Å². The van der Waals surface area contributed by atoms with Gasteiger partial charge in [-0.1, -0.05) is 11.8 Å². The molecule has 0 radical (unpaired) electrons. The highest BCUT2D eigenvalue weighted by atomic mass is 32.2. The van der Waals surface area contributed by atoms with Gasteiger partial charge in [0.2, 0.25) is 0 Å². The van der Waals surface area contributed by atoms with Gasteiger partial charge in [-0.15, -0.1) is 0 Å². The Bertz CT molecular complexity index is 1110. The summed E-state index contributed by atoms with van der Waals surface area (Å²) in [5.74, 6) is -0.390. The Labute approximate surface area is 146 Å². The molecule has 0 spiro atoms. The highest BCUT2D eigenvalue weighted by Crippen LogP contribution is 2.35. The summed E-state index contributed by atoms with van der Waals surface area (Å²) in [6, 6.07) is 7.08. The SMILES string of the molecule is Cc1[nH]ncc1-c1cc(Sc2ccc(F)cn2)c2c(C#N)cnn2c1. The number of fused-ring (bicyclic) bond motifs is 1. The van der Waals surface area contributed by atoms with Crippen LogP contribution in [0.5, 0.6) is 0 Å². The van der Waals surface area contributed by atoms with Gasteiger partial charge in [0.1, 0.15) is 16.9 Å². The predicted octanol–water partition coefficient (Wildman–Crippen LogP) is 3.59. The third-order valence-corrected chi connectivity index (χ3v) is 4.73. The standard InChI is InChI=1S/C17H11FN6S/c1-10-14(8-21-23-10)11-4-15(25-16-3-2-13(18)7-20-16)17-12(5-19)6-22-24(17)9-11/h2-4,6-9H,1H3,(H,21,23). The lowest BCUT2D eigenvalue weighted by molar-refractivity contribution is 0.618. The van der Waals surface area contributed by atoms with Gasteiger partial charge in [-0.25, -0.2) is 13.9 Å². The number of hydrogen-bond acceptors (Lipinski definition) is 5. The number of aromatic nitrogens is 5. The van der Waals surface area contributed by atoms with Gasteiger partial charge in [0.25, 0.3) is 0 Å². The second kappa shape index (κ2) is 6.03. The molecule has 1 N–H and O–H groups in total. The monoisotopic (exact) mass is 350 g/mol. The van der Waals surface area contributed by atoms with Gasteiger partial charge in [-0.3, -0.25) is 5.10 Å². The first-order valence-electron chi connectivity index (χ1n) is 7.37. The van der Waals surface area contributed by atoms with Crippen molar-refractivity contribution in [1.29, 1.82) is 5.26 Å². The number of hydrogen-bond donors (Lipinski definition) is 1. The Kier molecular flexibility index (Phi) is 3.71. The smallest absolute Gasteiger partial charge is 0.141 e. The van der Waals surface area contributed by atoms with Crippen molar-refractivity contribution in [3.63, 3.8) is 0 Å². The molecule has 0 atom stereocenters. The van der Waals surface area contributed by atoms with Crippen LogP contribution in [0.3, 0.4) is 0 Å². The molecule has 6 nitrogen and oxygen atoms in total. The summed E-state index contributed by atoms with van der Waals surface area (Å²) in [6.07, 6.45) is 6.31. The van der Waals surface area contributed by atoms with Gasteiger partial charge in [0.15, 0.2) is 0 Å². The van der Waals surface area contributed by atoms with Gasteiger partial charge < -0.3 is 0 Å². The van der Waals surface area contributed by atoms with Gasteiger partial charge in [0.05, 0.1) is 29.7 Å². The summed E-state index contributed by atoms with van der Waals surface area (Å²) in [5.41, 5.74) is 3.97. The molecule has 25 heavy (non-hydrogen) atoms. The number of H-pyrrole nitrogens is 1. The third-order valence-electron chi connectivity index (χ3n) is 3.75. The quantitative estimate of drug-likeness (QED) is 0.610. The topological polar surface area (TPSA) is 82.7 Å². The van der Waals surface area contributed by atoms with Gasteiger partial charge in [-0.05, 0) is 25.1 Å². The summed E-state index contributed by atoms with van der Waals surface area (Å²) in [5, 5.41) is 21.2. The molecule has 4 aromatic rings. The van der Waals surface area contributed by atoms with E-state index < -0.39 is 0 Å². The predicted molar refractivity (Wildman–Crippen MR) is 90.5 cm³/mol. The van der Waals surface area contributed by atoms with Crippen LogP contribution < -0.4 is 0 Å². The van der Waals surface area contributed by atoms with E-state index in [4.69, 9.17) is 0 Å². The molecule has 0 fully saturated rings. The van der Waals surface area contributed by atoms with E-state index in [1.807, 2.05) is 19.2 Å². The first-order chi connectivity index (χ1) is 12.2. The third kappa shape index (κ3) is 2.75. The van der Waals surface area contributed by atoms with Crippen LogP contribution >= 0.6 is 11.8 Å². The van der Waals surface area contributed by atoms with Crippen LogP contribution in [0.25, 0.3) is 16.6 Å². The summed E-state index contributed by atoms with van der Waals surface area (Å²) >= 11 is 1.36. The number of halogens is 1. The lowest BCUT2D eigenvalue weighted by atomic mass is 10.1. The highest BCUT2D eigenvalue weighted by Gasteiger charge is 2.15. The molecule has 0 amide bonds. The molecule has 0 aromatic carbocycles. The van der Waals surface area contributed by atoms with E-state index in [0.29, 0.717) is 16.1 Å². The second-order valence-electron chi connectivity index (χ2n) is 5.38. The first kappa shape index (κ1) is 15.4. The van der Waals surface area contributed by atoms with Crippen LogP contribution in [-0.4, -0.2) is 24.8 Å². The maximum atomic E-state index is 13.1. The fourth-order valence-corrected chi connectivity index (χ4v) is 3.52. The molecule has 0 saturated heterocycles. The number of rotatable bonds is 3. The number of aromatic amines is 1. The second-order valence-corrected chi connectivity index (χ2v) is 6.44. The molecule has 0 aliphatic carbocycles. The molecule has 0 bridgehead atoms. The Hall–Kier alpha value is -3.18. The summed E-state index contributed by atoms with van der Waals surface area (Å²) in [4.78, 5) is 4.90. The fourth-order valence-electron chi connectivity index (χ4n) is 2.57. The van der Waals surface area contributed by atoms with Gasteiger partial charge in [-0.2, -0.15) is 15.5 Å². The molecule has 4 aromatic heterocycles. The minimum absolute atomic E-state index is 0.390. The van der Waals surface area contributed by atoms with Crippen LogP contribution in [0.4, 0.5) is 4.39 Å². The molecule has 0 unspecified atom stereocenters. The van der Waals surface area contributed by atoms with Crippen molar-refractivity contribution in [2.45, 2.75) is 16.8 Å². The zero-order valence-electron chi connectivity index (χ0n) is 13.1. The van der Waals surface area contributed by atoms with Crippen LogP contribution in [0.1, 0.15) is 11.3 Å². The minimum Gasteiger partial charge on any atom is -0.282 e. The van der Waals surface area contributed by atoms with Crippen molar-refractivity contribution in [2.75, 3.05) is 0 Å². The zero-order chi connectivity index (χ0) is 17.4. The van der Waals surface area contributed by atoms with Crippen molar-refractivity contribution in [1.82, 2.24) is 24.8 Å². The molecule has 8 heteroatoms. The molecule has 4 heterocycles. The molecule has 122 valence electrons. The summed E-state index contributed by atoms with van der Waals surface area (Å²) in [6.45, 7) is 1.94. The van der Waals surface area contributed by atoms with Crippen molar-refractivity contribution in [3.8, 4) is 17.2 Å². The highest BCUT2D eigenvalue weighted by molar-refractivity contribution is 7.99. The zero-order valence-corrected chi connectivity index (χ0v) is 13.9. The Morgan fingerprint density at radius 2 is 2.16 bits per heavy atom. The van der Waals surface area contributed by atoms with Crippen LogP contribution in [0.2, 0.25) is 0 Å². The number of pyridine rings is 2. The summed E-state index contributed by atoms with van der Waals surface area (Å²) in [7, 11) is 0. The first-order valence-corrected chi connectivity index (χ1v) is 8.18. The fraction of sp³-hybridized carbons (Fsp3) is 0.0588. The van der Waals surface area contributed by atoms with E-state index >= 15 is 0 Å². The molecular formula is C17H11FN6S. The number of aryl methyl sites for hydroxylation is 1. The lowest BCUT2D eigenvalue weighted by Crippen LogP contribution is -1.93. The van der Waals surface area contributed by atoms with E-state index in [1.165, 1.54) is 30.2 Å². The van der Waals surface area contributed by atoms with Crippen molar-refractivity contribution in [3.05, 3.63) is 60.1 Å². The molecular weight excluding hydrogens is 339 g/mol. The van der Waals surface area contributed by atoms with Crippen LogP contribution in [0.15, 0.2) is 52.9 Å². The van der Waals surface area contributed by atoms with Crippen LogP contribution in [-0.2, 0) is 0 Å². The molecule has 4 rings (SSSR count). The largest absolute Gasteiger partial charge is 0.282 e. The lowest BCUT2D eigenvalue weighted by Gasteiger charge is -2.08. The average Bonchev–Trinajstić information content (AvgIpc) is 3.22. The number of nitrogens with one attached hydrogen (secondary N) is 1. The Morgan fingerprint density at radius 3 is 2.84 bits per heavy atom. The van der Waals surface area contributed by atoms with Gasteiger partial charge in [0, 0.05) is 27.9 Å². The van der Waals surface area contributed by atoms with E-state index in [-0.39, 0.29) is 5.82 Å². The van der Waals surface area contributed by atoms with Gasteiger partial charge >= 0.3 is 0 Å². The maximum absolute atomic E-state index is 13.1. The Balaban J connectivity index is 1.90. The number of nitriles is 1. The minimum atomic E-state index is -0.390. The van der Waals surface area contributed by atoms with E-state index in [0.717, 1.165) is 21.7 Å². The number of nitrogens with zero attached hydrogens (tertiary/aromatic N) is 5. The van der Waals surface area contributed by atoms with Crippen LogP contribution in [0, 0.1) is 24.1 Å². The normalized spacial score (nSPS) is 10.9. The Morgan fingerprint density at radius 1 is 1.28 bits per heavy atom. The molecule has 0 saturated carbocycles. The summed E-state index contributed by atoms with van der Waals surface area (Å²) < 4.78 is 14.8. The van der Waals surface area contributed by atoms with E-state index in [9.17, 15) is 9.65 Å². The van der Waals surface area contributed by atoms with E-state index in [2.05, 4.69) is 26.3 Å². The molecule has 0 aliphatic rings. The molecule has 0 aliphatic heterocycles. The van der Waals surface area contributed by atoms with Crippen molar-refractivity contribution < 1.29 is 4.39 Å².